The zero-order valence-electron chi connectivity index (χ0n) is 15.8. The Balaban J connectivity index is 0.00000392. The summed E-state index contributed by atoms with van der Waals surface area (Å²) >= 11 is 0. The Morgan fingerprint density at radius 2 is 1.71 bits per heavy atom. The average Bonchev–Trinajstić information content (AvgIpc) is 2.62. The van der Waals surface area contributed by atoms with E-state index in [0.717, 1.165) is 5.56 Å². The predicted molar refractivity (Wildman–Crippen MR) is 98.6 cm³/mol. The van der Waals surface area contributed by atoms with Crippen molar-refractivity contribution in [2.75, 3.05) is 0 Å². The maximum Gasteiger partial charge on any atom is 0.329 e. The molecule has 0 saturated heterocycles. The molecule has 8 heteroatoms. The van der Waals surface area contributed by atoms with Crippen molar-refractivity contribution in [2.45, 2.75) is 38.5 Å². The lowest BCUT2D eigenvalue weighted by atomic mass is 10.0. The minimum absolute atomic E-state index is 0. The number of benzene rings is 2. The lowest BCUT2D eigenvalue weighted by Gasteiger charge is -2.21. The Kier molecular flexibility index (Phi) is 8.28. The summed E-state index contributed by atoms with van der Waals surface area (Å²) in [7, 11) is 0. The second-order valence-corrected chi connectivity index (χ2v) is 7.03. The van der Waals surface area contributed by atoms with Crippen molar-refractivity contribution in [3.63, 3.8) is 0 Å². The zero-order chi connectivity index (χ0) is 20.0. The molecular weight excluding hydrogens is 384 g/mol. The largest absolute Gasteiger partial charge is 1.00 e. The molecule has 152 valence electrons. The maximum atomic E-state index is 12.6. The highest BCUT2D eigenvalue weighted by Crippen LogP contribution is 2.25. The molecule has 0 fully saturated rings. The van der Waals surface area contributed by atoms with E-state index in [9.17, 15) is 19.8 Å². The molecule has 0 radical (unpaired) electrons. The third kappa shape index (κ3) is 6.75. The summed E-state index contributed by atoms with van der Waals surface area (Å²) in [5.41, 5.74) is 4.24. The molecule has 1 atom stereocenters. The molecule has 0 saturated carbocycles. The predicted octanol–water partition coefficient (Wildman–Crippen LogP) is -2.11. The summed E-state index contributed by atoms with van der Waals surface area (Å²) < 4.78 is 5.34. The molecule has 2 aromatic rings. The molecule has 0 spiro atoms. The van der Waals surface area contributed by atoms with Crippen LogP contribution in [0.3, 0.4) is 0 Å². The van der Waals surface area contributed by atoms with Gasteiger partial charge in [0.05, 0.1) is 0 Å². The number of carbonyl (C=O) groups is 2. The van der Waals surface area contributed by atoms with Crippen LogP contribution < -0.4 is 23.5 Å². The van der Waals surface area contributed by atoms with Crippen LogP contribution in [0.15, 0.2) is 48.5 Å². The van der Waals surface area contributed by atoms with Crippen molar-refractivity contribution in [1.29, 1.82) is 0 Å². The number of rotatable bonds is 7. The summed E-state index contributed by atoms with van der Waals surface area (Å²) in [6.07, 6.45) is 0.100. The van der Waals surface area contributed by atoms with Crippen molar-refractivity contribution in [2.24, 2.45) is 0 Å². The van der Waals surface area contributed by atoms with Crippen LogP contribution in [0, 0.1) is 0 Å². The number of esters is 1. The number of carbonyl (C=O) groups excluding carboxylic acids is 2. The number of ether oxygens (including phenoxy) is 1. The molecule has 0 aliphatic carbocycles. The first-order valence-electron chi connectivity index (χ1n) is 8.54. The van der Waals surface area contributed by atoms with Gasteiger partial charge in [-0.2, -0.15) is 0 Å². The Bertz CT molecular complexity index is 806. The normalized spacial score (nSPS) is 11.8. The van der Waals surface area contributed by atoms with E-state index in [-0.39, 0.29) is 36.9 Å². The molecule has 6 N–H and O–H groups in total. The van der Waals surface area contributed by atoms with Gasteiger partial charge in [-0.1, -0.05) is 36.4 Å². The van der Waals surface area contributed by atoms with Gasteiger partial charge in [0.15, 0.2) is 17.0 Å². The molecule has 0 heterocycles. The first-order chi connectivity index (χ1) is 12.7. The van der Waals surface area contributed by atoms with E-state index in [1.807, 2.05) is 30.3 Å². The third-order valence-corrected chi connectivity index (χ3v) is 3.91. The van der Waals surface area contributed by atoms with Crippen LogP contribution in [0.2, 0.25) is 0 Å². The van der Waals surface area contributed by atoms with Gasteiger partial charge >= 0.3 is 5.97 Å². The number of amides is 1. The molecule has 0 unspecified atom stereocenters. The highest BCUT2D eigenvalue weighted by Gasteiger charge is 2.31. The van der Waals surface area contributed by atoms with Crippen LogP contribution in [0.4, 0.5) is 0 Å². The Hall–Kier alpha value is -2.77. The van der Waals surface area contributed by atoms with Gasteiger partial charge in [-0.15, -0.1) is 0 Å². The average molecular weight is 409 g/mol. The van der Waals surface area contributed by atoms with Gasteiger partial charge in [0.2, 0.25) is 0 Å². The highest BCUT2D eigenvalue weighted by molar-refractivity contribution is 5.88. The van der Waals surface area contributed by atoms with Crippen LogP contribution in [0.1, 0.15) is 25.0 Å². The van der Waals surface area contributed by atoms with E-state index in [4.69, 9.17) is 4.74 Å². The molecule has 0 aromatic heterocycles. The van der Waals surface area contributed by atoms with Crippen molar-refractivity contribution >= 4 is 11.9 Å². The molecule has 1 amide bonds. The van der Waals surface area contributed by atoms with Gasteiger partial charge < -0.3 is 38.4 Å². The lowest BCUT2D eigenvalue weighted by molar-refractivity contribution is -0.446. The molecule has 0 aliphatic rings. The first-order valence-corrected chi connectivity index (χ1v) is 8.54. The number of quaternary nitrogens is 1. The van der Waals surface area contributed by atoms with Crippen LogP contribution in [0.5, 0.6) is 11.5 Å². The van der Waals surface area contributed by atoms with E-state index in [1.54, 1.807) is 19.9 Å². The number of hydrogen-bond acceptors (Lipinski definition) is 5. The molecule has 28 heavy (non-hydrogen) atoms. The Labute approximate surface area is 169 Å². The molecular formula is C20H25ClN2O5. The SMILES string of the molecule is CC(C)([NH3+])C(=O)N[C@@H](Cc1ccc(O)c(O)c1)C(=O)OCc1ccccc1.[Cl-]. The van der Waals surface area contributed by atoms with Crippen LogP contribution in [-0.4, -0.2) is 33.7 Å². The van der Waals surface area contributed by atoms with E-state index in [1.165, 1.54) is 12.1 Å². The first kappa shape index (κ1) is 23.3. The van der Waals surface area contributed by atoms with E-state index < -0.39 is 23.5 Å². The maximum absolute atomic E-state index is 12.6. The van der Waals surface area contributed by atoms with Crippen molar-refractivity contribution in [1.82, 2.24) is 5.32 Å². The second kappa shape index (κ2) is 9.96. The summed E-state index contributed by atoms with van der Waals surface area (Å²) in [4.78, 5) is 24.9. The molecule has 7 nitrogen and oxygen atoms in total. The standard InChI is InChI=1S/C20H24N2O5.ClH/c1-20(2,21)19(26)22-15(10-14-8-9-16(23)17(24)11-14)18(25)27-12-13-6-4-3-5-7-13;/h3-9,11,15,23-24H,10,12,21H2,1-2H3,(H,22,26);1H/t15-;/m0./s1. The number of hydrogen-bond donors (Lipinski definition) is 4. The topological polar surface area (TPSA) is 124 Å². The molecule has 2 rings (SSSR count). The van der Waals surface area contributed by atoms with Gasteiger partial charge in [-0.05, 0) is 37.1 Å². The van der Waals surface area contributed by atoms with Crippen molar-refractivity contribution in [3.8, 4) is 11.5 Å². The molecule has 0 bridgehead atoms. The second-order valence-electron chi connectivity index (χ2n) is 7.03. The summed E-state index contributed by atoms with van der Waals surface area (Å²) in [5.74, 6) is -1.55. The van der Waals surface area contributed by atoms with Gasteiger partial charge in [0.1, 0.15) is 12.6 Å². The van der Waals surface area contributed by atoms with Gasteiger partial charge in [-0.25, -0.2) is 4.79 Å². The smallest absolute Gasteiger partial charge is 0.329 e. The third-order valence-electron chi connectivity index (χ3n) is 3.91. The number of phenolic OH excluding ortho intramolecular Hbond substituents is 2. The van der Waals surface area contributed by atoms with Crippen LogP contribution in [-0.2, 0) is 27.4 Å². The van der Waals surface area contributed by atoms with Gasteiger partial charge in [-0.3, -0.25) is 4.79 Å². The van der Waals surface area contributed by atoms with Gasteiger partial charge in [0.25, 0.3) is 5.91 Å². The molecule has 0 aliphatic heterocycles. The van der Waals surface area contributed by atoms with Gasteiger partial charge in [0, 0.05) is 6.42 Å². The highest BCUT2D eigenvalue weighted by atomic mass is 35.5. The van der Waals surface area contributed by atoms with Crippen molar-refractivity contribution < 1.29 is 42.7 Å². The zero-order valence-corrected chi connectivity index (χ0v) is 16.6. The number of nitrogens with one attached hydrogen (secondary N) is 1. The summed E-state index contributed by atoms with van der Waals surface area (Å²) in [6, 6.07) is 12.5. The van der Waals surface area contributed by atoms with Crippen LogP contribution >= 0.6 is 0 Å². The molecule has 2 aromatic carbocycles. The number of phenols is 2. The fourth-order valence-corrected chi connectivity index (χ4v) is 2.31. The van der Waals surface area contributed by atoms with E-state index in [0.29, 0.717) is 5.56 Å². The summed E-state index contributed by atoms with van der Waals surface area (Å²) in [6.45, 7) is 3.36. The Morgan fingerprint density at radius 1 is 1.07 bits per heavy atom. The van der Waals surface area contributed by atoms with E-state index in [2.05, 4.69) is 11.1 Å². The number of halogens is 1. The number of aromatic hydroxyl groups is 2. The van der Waals surface area contributed by atoms with Crippen LogP contribution in [0.25, 0.3) is 0 Å². The fraction of sp³-hybridized carbons (Fsp3) is 0.300. The lowest BCUT2D eigenvalue weighted by Crippen LogP contribution is -3.00. The minimum Gasteiger partial charge on any atom is -1.00 e. The van der Waals surface area contributed by atoms with E-state index >= 15 is 0 Å². The quantitative estimate of drug-likeness (QED) is 0.308. The Morgan fingerprint density at radius 3 is 2.29 bits per heavy atom. The minimum atomic E-state index is -0.953. The summed E-state index contributed by atoms with van der Waals surface area (Å²) in [5, 5.41) is 21.7. The van der Waals surface area contributed by atoms with Crippen molar-refractivity contribution in [3.05, 3.63) is 59.7 Å². The fourth-order valence-electron chi connectivity index (χ4n) is 2.31. The monoisotopic (exact) mass is 408 g/mol.